The van der Waals surface area contributed by atoms with Gasteiger partial charge in [0.2, 0.25) is 11.8 Å². The highest BCUT2D eigenvalue weighted by molar-refractivity contribution is 5.90. The largest absolute Gasteiger partial charge is 0.393 e. The van der Waals surface area contributed by atoms with Crippen LogP contribution >= 0.6 is 0 Å². The number of nitrogens with zero attached hydrogens (tertiary/aromatic N) is 1. The van der Waals surface area contributed by atoms with Crippen molar-refractivity contribution in [2.45, 2.75) is 37.5 Å². The molecule has 3 atom stereocenters. The van der Waals surface area contributed by atoms with Crippen molar-refractivity contribution in [3.8, 4) is 0 Å². The summed E-state index contributed by atoms with van der Waals surface area (Å²) in [6.07, 6.45) is -3.61. The highest BCUT2D eigenvalue weighted by Crippen LogP contribution is 2.31. The molecule has 0 spiro atoms. The van der Waals surface area contributed by atoms with E-state index < -0.39 is 24.2 Å². The van der Waals surface area contributed by atoms with Crippen LogP contribution in [-0.4, -0.2) is 55.1 Å². The van der Waals surface area contributed by atoms with Crippen molar-refractivity contribution in [3.63, 3.8) is 0 Å². The van der Waals surface area contributed by atoms with Crippen LogP contribution in [0.3, 0.4) is 0 Å². The number of carbonyl (C=O) groups excluding carboxylic acids is 2. The Morgan fingerprint density at radius 1 is 1.35 bits per heavy atom. The summed E-state index contributed by atoms with van der Waals surface area (Å²) >= 11 is 0. The Morgan fingerprint density at radius 3 is 2.50 bits per heavy atom. The summed E-state index contributed by atoms with van der Waals surface area (Å²) in [6, 6.07) is -1.19. The number of likely N-dealkylation sites (N-methyl/N-ethyl adjacent to an activating group) is 1. The first-order chi connectivity index (χ1) is 9.29. The number of alkyl halides is 3. The molecule has 114 valence electrons. The number of carbonyl (C=O) groups is 2. The quantitative estimate of drug-likeness (QED) is 0.768. The molecular weight excluding hydrogens is 275 g/mol. The normalized spacial score (nSPS) is 31.5. The average Bonchev–Trinajstić information content (AvgIpc) is 2.70. The van der Waals surface area contributed by atoms with Gasteiger partial charge in [0.05, 0.1) is 12.0 Å². The van der Waals surface area contributed by atoms with Crippen molar-refractivity contribution in [2.24, 2.45) is 5.92 Å². The first-order valence-corrected chi connectivity index (χ1v) is 6.64. The summed E-state index contributed by atoms with van der Waals surface area (Å²) in [5.74, 6) is -1.94. The van der Waals surface area contributed by atoms with Crippen LogP contribution in [0.1, 0.15) is 19.3 Å². The van der Waals surface area contributed by atoms with E-state index in [2.05, 4.69) is 10.6 Å². The summed E-state index contributed by atoms with van der Waals surface area (Å²) < 4.78 is 37.5. The summed E-state index contributed by atoms with van der Waals surface area (Å²) in [4.78, 5) is 25.1. The Kier molecular flexibility index (Phi) is 4.22. The van der Waals surface area contributed by atoms with E-state index in [0.717, 1.165) is 0 Å². The number of halogens is 3. The molecule has 8 heteroatoms. The highest BCUT2D eigenvalue weighted by Gasteiger charge is 2.43. The summed E-state index contributed by atoms with van der Waals surface area (Å²) in [5, 5.41) is 5.23. The lowest BCUT2D eigenvalue weighted by Gasteiger charge is -2.30. The number of piperidine rings is 1. The average molecular weight is 293 g/mol. The van der Waals surface area contributed by atoms with E-state index in [1.165, 1.54) is 4.90 Å². The van der Waals surface area contributed by atoms with Gasteiger partial charge in [-0.05, 0) is 19.3 Å². The molecule has 2 rings (SSSR count). The molecule has 0 aromatic heterocycles. The number of hydrogen-bond acceptors (Lipinski definition) is 3. The molecule has 2 aliphatic heterocycles. The third-order valence-electron chi connectivity index (χ3n) is 3.94. The van der Waals surface area contributed by atoms with E-state index >= 15 is 0 Å². The lowest BCUT2D eigenvalue weighted by molar-refractivity contribution is -0.180. The molecule has 0 bridgehead atoms. The Hall–Kier alpha value is -1.31. The van der Waals surface area contributed by atoms with Crippen molar-refractivity contribution >= 4 is 11.8 Å². The Morgan fingerprint density at radius 2 is 2.05 bits per heavy atom. The third-order valence-corrected chi connectivity index (χ3v) is 3.94. The molecule has 0 aromatic carbocycles. The van der Waals surface area contributed by atoms with Crippen LogP contribution in [-0.2, 0) is 9.59 Å². The Labute approximate surface area is 114 Å². The number of nitrogens with one attached hydrogen (secondary N) is 2. The number of likely N-dealkylation sites (tertiary alicyclic amines) is 1. The maximum absolute atomic E-state index is 12.5. The monoisotopic (exact) mass is 293 g/mol. The van der Waals surface area contributed by atoms with Crippen LogP contribution in [0.25, 0.3) is 0 Å². The van der Waals surface area contributed by atoms with Gasteiger partial charge in [-0.2, -0.15) is 13.2 Å². The van der Waals surface area contributed by atoms with Gasteiger partial charge in [0.1, 0.15) is 6.04 Å². The predicted molar refractivity (Wildman–Crippen MR) is 64.8 cm³/mol. The number of rotatable bonds is 2. The fraction of sp³-hybridized carbons (Fsp3) is 0.833. The van der Waals surface area contributed by atoms with Gasteiger partial charge in [-0.25, -0.2) is 0 Å². The Balaban J connectivity index is 1.82. The van der Waals surface area contributed by atoms with Crippen LogP contribution in [0.2, 0.25) is 0 Å². The second-order valence-electron chi connectivity index (χ2n) is 5.39. The molecule has 2 N–H and O–H groups in total. The molecular formula is C12H18F3N3O2. The van der Waals surface area contributed by atoms with Crippen molar-refractivity contribution in [1.82, 2.24) is 15.5 Å². The number of amides is 2. The first-order valence-electron chi connectivity index (χ1n) is 6.64. The molecule has 0 saturated carbocycles. The molecule has 2 amide bonds. The van der Waals surface area contributed by atoms with Gasteiger partial charge in [0.15, 0.2) is 0 Å². The molecule has 0 radical (unpaired) electrons. The van der Waals surface area contributed by atoms with E-state index in [0.29, 0.717) is 13.0 Å². The minimum atomic E-state index is -4.22. The SMILES string of the molecule is CN1CCC(NC(=O)C2CCC(C(F)(F)F)CN2)C1=O. The lowest BCUT2D eigenvalue weighted by atomic mass is 9.93. The molecule has 3 unspecified atom stereocenters. The van der Waals surface area contributed by atoms with Gasteiger partial charge in [0, 0.05) is 20.1 Å². The van der Waals surface area contributed by atoms with Crippen LogP contribution < -0.4 is 10.6 Å². The van der Waals surface area contributed by atoms with Crippen LogP contribution in [0.5, 0.6) is 0 Å². The summed E-state index contributed by atoms with van der Waals surface area (Å²) in [7, 11) is 1.65. The molecule has 5 nitrogen and oxygen atoms in total. The number of hydrogen-bond donors (Lipinski definition) is 2. The molecule has 0 aromatic rings. The molecule has 20 heavy (non-hydrogen) atoms. The van der Waals surface area contributed by atoms with Gasteiger partial charge in [0.25, 0.3) is 0 Å². The minimum absolute atomic E-state index is 0.0624. The van der Waals surface area contributed by atoms with E-state index in [4.69, 9.17) is 0 Å². The van der Waals surface area contributed by atoms with Crippen molar-refractivity contribution < 1.29 is 22.8 Å². The zero-order valence-corrected chi connectivity index (χ0v) is 11.2. The second kappa shape index (κ2) is 5.59. The zero-order valence-electron chi connectivity index (χ0n) is 11.2. The van der Waals surface area contributed by atoms with Crippen LogP contribution in [0.15, 0.2) is 0 Å². The van der Waals surface area contributed by atoms with E-state index in [1.54, 1.807) is 7.05 Å². The fourth-order valence-electron chi connectivity index (χ4n) is 2.59. The van der Waals surface area contributed by atoms with Crippen molar-refractivity contribution in [1.29, 1.82) is 0 Å². The van der Waals surface area contributed by atoms with Crippen LogP contribution in [0, 0.1) is 5.92 Å². The molecule has 2 heterocycles. The van der Waals surface area contributed by atoms with E-state index in [1.807, 2.05) is 0 Å². The fourth-order valence-corrected chi connectivity index (χ4v) is 2.59. The van der Waals surface area contributed by atoms with Crippen LogP contribution in [0.4, 0.5) is 13.2 Å². The third kappa shape index (κ3) is 3.23. The molecule has 2 saturated heterocycles. The summed E-state index contributed by atoms with van der Waals surface area (Å²) in [5.41, 5.74) is 0. The smallest absolute Gasteiger partial charge is 0.344 e. The zero-order chi connectivity index (χ0) is 14.9. The van der Waals surface area contributed by atoms with Gasteiger partial charge in [-0.15, -0.1) is 0 Å². The Bertz CT molecular complexity index is 392. The van der Waals surface area contributed by atoms with Gasteiger partial charge < -0.3 is 15.5 Å². The van der Waals surface area contributed by atoms with Crippen molar-refractivity contribution in [2.75, 3.05) is 20.1 Å². The predicted octanol–water partition coefficient (Wildman–Crippen LogP) is 0.264. The summed E-state index contributed by atoms with van der Waals surface area (Å²) in [6.45, 7) is 0.331. The highest BCUT2D eigenvalue weighted by atomic mass is 19.4. The maximum Gasteiger partial charge on any atom is 0.393 e. The van der Waals surface area contributed by atoms with Gasteiger partial charge in [-0.1, -0.05) is 0 Å². The van der Waals surface area contributed by atoms with Crippen molar-refractivity contribution in [3.05, 3.63) is 0 Å². The van der Waals surface area contributed by atoms with E-state index in [9.17, 15) is 22.8 Å². The topological polar surface area (TPSA) is 61.4 Å². The van der Waals surface area contributed by atoms with Gasteiger partial charge >= 0.3 is 6.18 Å². The first kappa shape index (κ1) is 15.1. The van der Waals surface area contributed by atoms with Gasteiger partial charge in [-0.3, -0.25) is 9.59 Å². The molecule has 0 aliphatic carbocycles. The molecule has 2 aliphatic rings. The second-order valence-corrected chi connectivity index (χ2v) is 5.39. The molecule has 2 fully saturated rings. The lowest BCUT2D eigenvalue weighted by Crippen LogP contribution is -2.54. The standard InChI is InChI=1S/C12H18F3N3O2/c1-18-5-4-9(11(18)20)17-10(19)8-3-2-7(6-16-8)12(13,14)15/h7-9,16H,2-6H2,1H3,(H,17,19). The van der Waals surface area contributed by atoms with E-state index in [-0.39, 0.29) is 31.2 Å². The minimum Gasteiger partial charge on any atom is -0.344 e. The maximum atomic E-state index is 12.5.